The van der Waals surface area contributed by atoms with E-state index in [9.17, 15) is 4.39 Å². The fraction of sp³-hybridized carbons (Fsp3) is 0.368. The Kier molecular flexibility index (Phi) is 4.81. The number of ether oxygens (including phenoxy) is 2. The van der Waals surface area contributed by atoms with Crippen molar-refractivity contribution in [2.24, 2.45) is 0 Å². The molecule has 0 radical (unpaired) electrons. The molecule has 1 saturated heterocycles. The minimum atomic E-state index is -0.184. The van der Waals surface area contributed by atoms with Crippen LogP contribution in [-0.4, -0.2) is 39.4 Å². The maximum atomic E-state index is 13.1. The van der Waals surface area contributed by atoms with E-state index in [2.05, 4.69) is 26.9 Å². The van der Waals surface area contributed by atoms with Crippen LogP contribution in [0.15, 0.2) is 40.9 Å². The first-order valence-electron chi connectivity index (χ1n) is 8.61. The van der Waals surface area contributed by atoms with Crippen molar-refractivity contribution in [2.45, 2.75) is 6.54 Å². The topological polar surface area (TPSA) is 26.1 Å². The van der Waals surface area contributed by atoms with Crippen molar-refractivity contribution >= 4 is 21.6 Å². The highest BCUT2D eigenvalue weighted by molar-refractivity contribution is 9.10. The average Bonchev–Trinajstić information content (AvgIpc) is 2.64. The number of rotatable bonds is 3. The maximum Gasteiger partial charge on any atom is 0.162 e. The Morgan fingerprint density at radius 3 is 2.32 bits per heavy atom. The van der Waals surface area contributed by atoms with Gasteiger partial charge in [-0.05, 0) is 36.4 Å². The molecule has 0 amide bonds. The van der Waals surface area contributed by atoms with E-state index < -0.39 is 0 Å². The third kappa shape index (κ3) is 3.75. The molecule has 0 unspecified atom stereocenters. The molecule has 0 spiro atoms. The predicted octanol–water partition coefficient (Wildman–Crippen LogP) is 2.26. The molecule has 2 aliphatic heterocycles. The SMILES string of the molecule is Fc1ccc(N2CC[NH+](Cc3cc4c(cc3Br)OCCO4)CC2)cc1. The van der Waals surface area contributed by atoms with Crippen molar-refractivity contribution in [3.05, 3.63) is 52.3 Å². The molecule has 4 rings (SSSR count). The van der Waals surface area contributed by atoms with Crippen molar-refractivity contribution in [3.8, 4) is 11.5 Å². The number of fused-ring (bicyclic) bond motifs is 1. The van der Waals surface area contributed by atoms with Gasteiger partial charge in [0, 0.05) is 15.7 Å². The molecule has 2 aromatic rings. The van der Waals surface area contributed by atoms with Crippen molar-refractivity contribution in [2.75, 3.05) is 44.3 Å². The van der Waals surface area contributed by atoms with E-state index in [0.29, 0.717) is 13.2 Å². The van der Waals surface area contributed by atoms with Gasteiger partial charge in [0.25, 0.3) is 0 Å². The van der Waals surface area contributed by atoms with Crippen molar-refractivity contribution in [1.82, 2.24) is 0 Å². The Labute approximate surface area is 155 Å². The molecule has 2 aromatic carbocycles. The van der Waals surface area contributed by atoms with E-state index in [1.54, 1.807) is 0 Å². The van der Waals surface area contributed by atoms with Crippen LogP contribution in [0.25, 0.3) is 0 Å². The Bertz CT molecular complexity index is 746. The van der Waals surface area contributed by atoms with E-state index in [0.717, 1.165) is 54.4 Å². The van der Waals surface area contributed by atoms with Gasteiger partial charge in [-0.3, -0.25) is 0 Å². The third-order valence-electron chi connectivity index (χ3n) is 4.81. The number of nitrogens with zero attached hydrogens (tertiary/aromatic N) is 1. The minimum absolute atomic E-state index is 0.184. The molecule has 132 valence electrons. The molecule has 2 heterocycles. The monoisotopic (exact) mass is 407 g/mol. The van der Waals surface area contributed by atoms with Crippen molar-refractivity contribution in [3.63, 3.8) is 0 Å². The number of hydrogen-bond acceptors (Lipinski definition) is 3. The van der Waals surface area contributed by atoms with Crippen molar-refractivity contribution in [1.29, 1.82) is 0 Å². The smallest absolute Gasteiger partial charge is 0.162 e. The van der Waals surface area contributed by atoms with Gasteiger partial charge in [-0.15, -0.1) is 0 Å². The van der Waals surface area contributed by atoms with Gasteiger partial charge in [0.05, 0.1) is 26.2 Å². The average molecular weight is 408 g/mol. The highest BCUT2D eigenvalue weighted by Gasteiger charge is 2.23. The summed E-state index contributed by atoms with van der Waals surface area (Å²) in [7, 11) is 0. The van der Waals surface area contributed by atoms with Crippen LogP contribution in [-0.2, 0) is 6.54 Å². The van der Waals surface area contributed by atoms with Crippen LogP contribution >= 0.6 is 15.9 Å². The standard InChI is InChI=1S/C19H20BrFN2O2/c20-17-12-19-18(24-9-10-25-19)11-14(17)13-22-5-7-23(8-6-22)16-3-1-15(21)2-4-16/h1-4,11-12H,5-10,13H2/p+1. The summed E-state index contributed by atoms with van der Waals surface area (Å²) in [6, 6.07) is 10.9. The highest BCUT2D eigenvalue weighted by atomic mass is 79.9. The van der Waals surface area contributed by atoms with Gasteiger partial charge in [-0.1, -0.05) is 15.9 Å². The summed E-state index contributed by atoms with van der Waals surface area (Å²) < 4.78 is 25.5. The number of anilines is 1. The maximum absolute atomic E-state index is 13.1. The molecule has 6 heteroatoms. The molecule has 0 atom stereocenters. The highest BCUT2D eigenvalue weighted by Crippen LogP contribution is 2.35. The lowest BCUT2D eigenvalue weighted by Crippen LogP contribution is -3.13. The van der Waals surface area contributed by atoms with Gasteiger partial charge in [0.1, 0.15) is 25.6 Å². The first-order chi connectivity index (χ1) is 12.2. The molecule has 2 aliphatic rings. The lowest BCUT2D eigenvalue weighted by atomic mass is 10.1. The van der Waals surface area contributed by atoms with Crippen LogP contribution in [0.1, 0.15) is 5.56 Å². The second-order valence-corrected chi connectivity index (χ2v) is 7.33. The van der Waals surface area contributed by atoms with E-state index >= 15 is 0 Å². The largest absolute Gasteiger partial charge is 0.486 e. The zero-order valence-corrected chi connectivity index (χ0v) is 15.5. The molecule has 4 nitrogen and oxygen atoms in total. The zero-order valence-electron chi connectivity index (χ0n) is 13.9. The lowest BCUT2D eigenvalue weighted by Gasteiger charge is -2.34. The number of nitrogens with one attached hydrogen (secondary N) is 1. The molecule has 25 heavy (non-hydrogen) atoms. The molecular formula is C19H21BrFN2O2+. The molecule has 0 bridgehead atoms. The summed E-state index contributed by atoms with van der Waals surface area (Å²) in [6.45, 7) is 6.23. The molecule has 0 aliphatic carbocycles. The molecule has 1 N–H and O–H groups in total. The van der Waals surface area contributed by atoms with Gasteiger partial charge in [0.15, 0.2) is 11.5 Å². The Morgan fingerprint density at radius 2 is 1.64 bits per heavy atom. The second-order valence-electron chi connectivity index (χ2n) is 6.48. The van der Waals surface area contributed by atoms with E-state index in [1.165, 1.54) is 22.6 Å². The van der Waals surface area contributed by atoms with Crippen LogP contribution in [0, 0.1) is 5.82 Å². The number of halogens is 2. The lowest BCUT2D eigenvalue weighted by molar-refractivity contribution is -0.914. The zero-order chi connectivity index (χ0) is 17.2. The summed E-state index contributed by atoms with van der Waals surface area (Å²) in [5.74, 6) is 1.48. The minimum Gasteiger partial charge on any atom is -0.486 e. The fourth-order valence-electron chi connectivity index (χ4n) is 3.42. The van der Waals surface area contributed by atoms with Gasteiger partial charge >= 0.3 is 0 Å². The van der Waals surface area contributed by atoms with E-state index in [4.69, 9.17) is 9.47 Å². The van der Waals surface area contributed by atoms with Crippen molar-refractivity contribution < 1.29 is 18.8 Å². The Hall–Kier alpha value is -1.79. The summed E-state index contributed by atoms with van der Waals surface area (Å²) in [5, 5.41) is 0. The fourth-order valence-corrected chi connectivity index (χ4v) is 3.88. The number of piperazine rings is 1. The van der Waals surface area contributed by atoms with Gasteiger partial charge in [-0.2, -0.15) is 0 Å². The Morgan fingerprint density at radius 1 is 1.00 bits per heavy atom. The Balaban J connectivity index is 1.39. The molecular weight excluding hydrogens is 387 g/mol. The van der Waals surface area contributed by atoms with Crippen LogP contribution in [0.3, 0.4) is 0 Å². The van der Waals surface area contributed by atoms with Crippen LogP contribution in [0.4, 0.5) is 10.1 Å². The number of hydrogen-bond donors (Lipinski definition) is 1. The van der Waals surface area contributed by atoms with E-state index in [-0.39, 0.29) is 5.82 Å². The summed E-state index contributed by atoms with van der Waals surface area (Å²) in [5.41, 5.74) is 2.34. The normalized spacial score (nSPS) is 17.6. The predicted molar refractivity (Wildman–Crippen MR) is 98.1 cm³/mol. The van der Waals surface area contributed by atoms with Gasteiger partial charge in [-0.25, -0.2) is 4.39 Å². The quantitative estimate of drug-likeness (QED) is 0.844. The van der Waals surface area contributed by atoms with Gasteiger partial charge in [0.2, 0.25) is 0 Å². The van der Waals surface area contributed by atoms with E-state index in [1.807, 2.05) is 18.2 Å². The summed E-state index contributed by atoms with van der Waals surface area (Å²) >= 11 is 3.66. The number of benzene rings is 2. The first kappa shape index (κ1) is 16.7. The third-order valence-corrected chi connectivity index (χ3v) is 5.55. The first-order valence-corrected chi connectivity index (χ1v) is 9.40. The summed E-state index contributed by atoms with van der Waals surface area (Å²) in [6.07, 6.45) is 0. The van der Waals surface area contributed by atoms with Crippen LogP contribution in [0.2, 0.25) is 0 Å². The van der Waals surface area contributed by atoms with Crippen LogP contribution < -0.4 is 19.3 Å². The van der Waals surface area contributed by atoms with Gasteiger partial charge < -0.3 is 19.3 Å². The number of quaternary nitrogens is 1. The molecule has 1 fully saturated rings. The second kappa shape index (κ2) is 7.22. The molecule has 0 aromatic heterocycles. The summed E-state index contributed by atoms with van der Waals surface area (Å²) in [4.78, 5) is 3.86. The molecule has 0 saturated carbocycles. The van der Waals surface area contributed by atoms with Crippen LogP contribution in [0.5, 0.6) is 11.5 Å².